The summed E-state index contributed by atoms with van der Waals surface area (Å²) < 4.78 is 10.4. The van der Waals surface area contributed by atoms with Crippen molar-refractivity contribution in [3.05, 3.63) is 0 Å². The third kappa shape index (κ3) is 4.26. The number of amides is 1. The summed E-state index contributed by atoms with van der Waals surface area (Å²) in [6.07, 6.45) is 1.93. The molecule has 0 aromatic carbocycles. The third-order valence-electron chi connectivity index (χ3n) is 2.34. The topological polar surface area (TPSA) is 38.8 Å². The second-order valence-corrected chi connectivity index (χ2v) is 4.11. The first-order chi connectivity index (χ1) is 7.13. The normalized spacial score (nSPS) is 18.3. The molecular weight excluding hydrogens is 218 g/mol. The summed E-state index contributed by atoms with van der Waals surface area (Å²) in [5.74, 6) is 0. The van der Waals surface area contributed by atoms with Gasteiger partial charge in [0, 0.05) is 13.1 Å². The number of hydrogen-bond acceptors (Lipinski definition) is 3. The van der Waals surface area contributed by atoms with Crippen molar-refractivity contribution in [3.8, 4) is 0 Å². The molecule has 1 aliphatic heterocycles. The van der Waals surface area contributed by atoms with Crippen LogP contribution in [0, 0.1) is 0 Å². The monoisotopic (exact) mass is 235 g/mol. The first kappa shape index (κ1) is 12.6. The fourth-order valence-corrected chi connectivity index (χ4v) is 1.79. The van der Waals surface area contributed by atoms with Crippen LogP contribution in [0.15, 0.2) is 0 Å². The summed E-state index contributed by atoms with van der Waals surface area (Å²) in [7, 11) is 0. The van der Waals surface area contributed by atoms with E-state index < -0.39 is 0 Å². The molecule has 0 atom stereocenters. The van der Waals surface area contributed by atoms with Gasteiger partial charge in [0.1, 0.15) is 0 Å². The minimum absolute atomic E-state index is 0.0821. The maximum absolute atomic E-state index is 11.3. The maximum atomic E-state index is 11.3. The highest BCUT2D eigenvalue weighted by molar-refractivity contribution is 6.17. The van der Waals surface area contributed by atoms with Crippen molar-refractivity contribution in [2.24, 2.45) is 0 Å². The Morgan fingerprint density at radius 1 is 1.47 bits per heavy atom. The number of ether oxygens (including phenoxy) is 2. The number of alkyl halides is 1. The number of nitrogens with zero attached hydrogens (tertiary/aromatic N) is 1. The molecule has 15 heavy (non-hydrogen) atoms. The van der Waals surface area contributed by atoms with Crippen molar-refractivity contribution in [2.75, 3.05) is 19.2 Å². The number of halogens is 1. The van der Waals surface area contributed by atoms with Crippen LogP contribution < -0.4 is 0 Å². The number of hydrogen-bond donors (Lipinski definition) is 0. The molecule has 1 aliphatic rings. The fourth-order valence-electron chi connectivity index (χ4n) is 1.70. The van der Waals surface area contributed by atoms with Gasteiger partial charge < -0.3 is 14.4 Å². The Morgan fingerprint density at radius 2 is 2.07 bits per heavy atom. The van der Waals surface area contributed by atoms with Crippen LogP contribution in [0.2, 0.25) is 0 Å². The first-order valence-corrected chi connectivity index (χ1v) is 5.80. The molecule has 5 heteroatoms. The molecule has 0 unspecified atom stereocenters. The standard InChI is InChI=1S/C10H18ClNO3/c1-8(2)15-9-3-5-12(6-4-9)10(13)14-7-11/h8-9H,3-7H2,1-2H3. The zero-order valence-electron chi connectivity index (χ0n) is 9.24. The lowest BCUT2D eigenvalue weighted by molar-refractivity contribution is -0.0251. The van der Waals surface area contributed by atoms with Crippen LogP contribution in [0.1, 0.15) is 26.7 Å². The molecule has 0 aliphatic carbocycles. The summed E-state index contributed by atoms with van der Waals surface area (Å²) in [6.45, 7) is 5.42. The molecule has 88 valence electrons. The van der Waals surface area contributed by atoms with E-state index in [-0.39, 0.29) is 24.4 Å². The van der Waals surface area contributed by atoms with Crippen molar-refractivity contribution < 1.29 is 14.3 Å². The largest absolute Gasteiger partial charge is 0.433 e. The van der Waals surface area contributed by atoms with Crippen molar-refractivity contribution in [2.45, 2.75) is 38.9 Å². The summed E-state index contributed by atoms with van der Waals surface area (Å²) in [5.41, 5.74) is 0. The van der Waals surface area contributed by atoms with Gasteiger partial charge in [-0.1, -0.05) is 11.6 Å². The van der Waals surface area contributed by atoms with Crippen LogP contribution in [0.4, 0.5) is 4.79 Å². The molecule has 0 aromatic rings. The Bertz CT molecular complexity index is 203. The van der Waals surface area contributed by atoms with Gasteiger partial charge in [-0.2, -0.15) is 0 Å². The van der Waals surface area contributed by atoms with Crippen molar-refractivity contribution in [3.63, 3.8) is 0 Å². The quantitative estimate of drug-likeness (QED) is 0.704. The van der Waals surface area contributed by atoms with Crippen LogP contribution in [-0.4, -0.2) is 42.4 Å². The molecule has 4 nitrogen and oxygen atoms in total. The first-order valence-electron chi connectivity index (χ1n) is 5.26. The molecule has 1 heterocycles. The van der Waals surface area contributed by atoms with Gasteiger partial charge in [0.05, 0.1) is 12.2 Å². The highest BCUT2D eigenvalue weighted by atomic mass is 35.5. The van der Waals surface area contributed by atoms with Gasteiger partial charge in [-0.3, -0.25) is 0 Å². The Balaban J connectivity index is 2.26. The van der Waals surface area contributed by atoms with Crippen molar-refractivity contribution in [1.29, 1.82) is 0 Å². The summed E-state index contributed by atoms with van der Waals surface area (Å²) in [4.78, 5) is 13.0. The predicted molar refractivity (Wildman–Crippen MR) is 58.0 cm³/mol. The van der Waals surface area contributed by atoms with Gasteiger partial charge in [-0.15, -0.1) is 0 Å². The van der Waals surface area contributed by atoms with E-state index in [0.29, 0.717) is 13.1 Å². The average Bonchev–Trinajstić information content (AvgIpc) is 2.18. The maximum Gasteiger partial charge on any atom is 0.410 e. The minimum atomic E-state index is -0.326. The van der Waals surface area contributed by atoms with E-state index in [1.807, 2.05) is 13.8 Å². The van der Waals surface area contributed by atoms with Crippen molar-refractivity contribution in [1.82, 2.24) is 4.90 Å². The van der Waals surface area contributed by atoms with E-state index in [1.54, 1.807) is 4.90 Å². The van der Waals surface area contributed by atoms with Gasteiger partial charge in [0.25, 0.3) is 0 Å². The molecule has 0 saturated carbocycles. The van der Waals surface area contributed by atoms with E-state index in [0.717, 1.165) is 12.8 Å². The van der Waals surface area contributed by atoms with Crippen LogP contribution in [0.25, 0.3) is 0 Å². The van der Waals surface area contributed by atoms with Gasteiger partial charge in [-0.05, 0) is 26.7 Å². The summed E-state index contributed by atoms with van der Waals surface area (Å²) in [5, 5.41) is 0. The molecule has 0 spiro atoms. The molecule has 0 radical (unpaired) electrons. The smallest absolute Gasteiger partial charge is 0.410 e. The predicted octanol–water partition coefficient (Wildman–Crippen LogP) is 2.21. The van der Waals surface area contributed by atoms with Crippen LogP contribution in [0.5, 0.6) is 0 Å². The Morgan fingerprint density at radius 3 is 2.53 bits per heavy atom. The lowest BCUT2D eigenvalue weighted by atomic mass is 10.1. The van der Waals surface area contributed by atoms with Crippen LogP contribution >= 0.6 is 11.6 Å². The zero-order valence-corrected chi connectivity index (χ0v) is 10.00. The van der Waals surface area contributed by atoms with E-state index in [2.05, 4.69) is 0 Å². The Hall–Kier alpha value is -0.480. The Labute approximate surface area is 95.5 Å². The number of rotatable bonds is 3. The van der Waals surface area contributed by atoms with Gasteiger partial charge in [0.15, 0.2) is 6.07 Å². The Kier molecular flexibility index (Phi) is 5.19. The second-order valence-electron chi connectivity index (χ2n) is 3.89. The van der Waals surface area contributed by atoms with Crippen LogP contribution in [0.3, 0.4) is 0 Å². The average molecular weight is 236 g/mol. The van der Waals surface area contributed by atoms with Gasteiger partial charge >= 0.3 is 6.09 Å². The van der Waals surface area contributed by atoms with E-state index in [1.165, 1.54) is 0 Å². The molecular formula is C10H18ClNO3. The number of carbonyl (C=O) groups excluding carboxylic acids is 1. The van der Waals surface area contributed by atoms with E-state index in [9.17, 15) is 4.79 Å². The van der Waals surface area contributed by atoms with Crippen LogP contribution in [-0.2, 0) is 9.47 Å². The van der Waals surface area contributed by atoms with E-state index >= 15 is 0 Å². The zero-order chi connectivity index (χ0) is 11.3. The van der Waals surface area contributed by atoms with Gasteiger partial charge in [0.2, 0.25) is 0 Å². The lowest BCUT2D eigenvalue weighted by Crippen LogP contribution is -2.41. The minimum Gasteiger partial charge on any atom is -0.433 e. The number of likely N-dealkylation sites (tertiary alicyclic amines) is 1. The molecule has 0 aromatic heterocycles. The molecule has 1 amide bonds. The molecule has 1 rings (SSSR count). The number of piperidine rings is 1. The van der Waals surface area contributed by atoms with Crippen molar-refractivity contribution >= 4 is 17.7 Å². The molecule has 1 fully saturated rings. The summed E-state index contributed by atoms with van der Waals surface area (Å²) in [6, 6.07) is -0.0821. The SMILES string of the molecule is CC(C)OC1CCN(C(=O)OCCl)CC1. The molecule has 0 N–H and O–H groups in total. The highest BCUT2D eigenvalue weighted by Gasteiger charge is 2.24. The third-order valence-corrected chi connectivity index (χ3v) is 2.45. The molecule has 1 saturated heterocycles. The number of carbonyl (C=O) groups is 1. The fraction of sp³-hybridized carbons (Fsp3) is 0.900. The van der Waals surface area contributed by atoms with Gasteiger partial charge in [-0.25, -0.2) is 4.79 Å². The summed E-state index contributed by atoms with van der Waals surface area (Å²) >= 11 is 5.32. The lowest BCUT2D eigenvalue weighted by Gasteiger charge is -2.31. The van der Waals surface area contributed by atoms with E-state index in [4.69, 9.17) is 21.1 Å². The second kappa shape index (κ2) is 6.18. The molecule has 0 bridgehead atoms. The highest BCUT2D eigenvalue weighted by Crippen LogP contribution is 2.15.